The van der Waals surface area contributed by atoms with E-state index in [1.165, 1.54) is 140 Å². The van der Waals surface area contributed by atoms with Crippen LogP contribution in [0.5, 0.6) is 0 Å². The lowest BCUT2D eigenvalue weighted by molar-refractivity contribution is 0.195. The summed E-state index contributed by atoms with van der Waals surface area (Å²) in [6, 6.07) is 62.4. The van der Waals surface area contributed by atoms with E-state index in [9.17, 15) is 0 Å². The Balaban J connectivity index is 1.21. The highest BCUT2D eigenvalue weighted by molar-refractivity contribution is 7.26. The van der Waals surface area contributed by atoms with Crippen molar-refractivity contribution in [1.29, 1.82) is 0 Å². The molecule has 13 rings (SSSR count). The SMILES string of the molecule is CC(C)(C)c1ccc(N2c3ccc(C(C)(C)C)cc3B3c4ccc5c(sc6ccccc65)c4N(c4ccc(C(C)(C)C)cc4-c4ccccc4)c4cc(N5c6ccc(C(C)(C)C)cc6C6(C)CCCCC56C)cc2c43)cc1. The second kappa shape index (κ2) is 17.0. The summed E-state index contributed by atoms with van der Waals surface area (Å²) in [7, 11) is 0. The second-order valence-electron chi connectivity index (χ2n) is 27.8. The highest BCUT2D eigenvalue weighted by atomic mass is 32.1. The molecule has 1 saturated carbocycles. The lowest BCUT2D eigenvalue weighted by atomic mass is 9.33. The van der Waals surface area contributed by atoms with Crippen molar-refractivity contribution in [3.63, 3.8) is 0 Å². The largest absolute Gasteiger partial charge is 0.334 e. The Morgan fingerprint density at radius 3 is 1.70 bits per heavy atom. The van der Waals surface area contributed by atoms with Crippen LogP contribution in [0.3, 0.4) is 0 Å². The molecule has 2 unspecified atom stereocenters. The molecule has 388 valence electrons. The van der Waals surface area contributed by atoms with Gasteiger partial charge in [-0.15, -0.1) is 11.3 Å². The quantitative estimate of drug-likeness (QED) is 0.163. The van der Waals surface area contributed by atoms with Crippen LogP contribution in [0, 0.1) is 0 Å². The van der Waals surface area contributed by atoms with Gasteiger partial charge in [0.2, 0.25) is 0 Å². The average Bonchev–Trinajstić information content (AvgIpc) is 3.60. The van der Waals surface area contributed by atoms with E-state index < -0.39 is 0 Å². The summed E-state index contributed by atoms with van der Waals surface area (Å²) in [5.41, 5.74) is 23.2. The summed E-state index contributed by atoms with van der Waals surface area (Å²) in [6.45, 7) is 33.4. The molecule has 1 fully saturated rings. The lowest BCUT2D eigenvalue weighted by Crippen LogP contribution is -2.61. The third-order valence-corrected chi connectivity index (χ3v) is 20.0. The van der Waals surface area contributed by atoms with Gasteiger partial charge >= 0.3 is 0 Å². The van der Waals surface area contributed by atoms with Crippen LogP contribution in [-0.2, 0) is 27.1 Å². The molecule has 8 aromatic carbocycles. The van der Waals surface area contributed by atoms with Crippen molar-refractivity contribution < 1.29 is 0 Å². The summed E-state index contributed by atoms with van der Waals surface area (Å²) in [5.74, 6) is 0. The molecule has 2 atom stereocenters. The number of hydrogen-bond acceptors (Lipinski definition) is 4. The summed E-state index contributed by atoms with van der Waals surface area (Å²) in [4.78, 5) is 8.24. The second-order valence-corrected chi connectivity index (χ2v) is 28.8. The zero-order valence-corrected chi connectivity index (χ0v) is 49.0. The van der Waals surface area contributed by atoms with Gasteiger partial charge in [0, 0.05) is 60.6 Å². The maximum atomic E-state index is 2.84. The van der Waals surface area contributed by atoms with Crippen molar-refractivity contribution in [2.24, 2.45) is 0 Å². The van der Waals surface area contributed by atoms with E-state index in [2.05, 4.69) is 269 Å². The predicted octanol–water partition coefficient (Wildman–Crippen LogP) is 18.7. The lowest BCUT2D eigenvalue weighted by Gasteiger charge is -2.51. The Hall–Kier alpha value is -6.56. The summed E-state index contributed by atoms with van der Waals surface area (Å²) < 4.78 is 2.65. The third-order valence-electron chi connectivity index (χ3n) is 18.8. The van der Waals surface area contributed by atoms with Crippen LogP contribution in [0.15, 0.2) is 158 Å². The van der Waals surface area contributed by atoms with E-state index in [0.29, 0.717) is 0 Å². The molecule has 0 spiro atoms. The number of fused-ring (bicyclic) bond motifs is 11. The monoisotopic (exact) mass is 1030 g/mol. The van der Waals surface area contributed by atoms with Gasteiger partial charge in [-0.1, -0.05) is 206 Å². The summed E-state index contributed by atoms with van der Waals surface area (Å²) >= 11 is 1.96. The Bertz CT molecular complexity index is 3860. The van der Waals surface area contributed by atoms with Gasteiger partial charge in [-0.2, -0.15) is 0 Å². The maximum absolute atomic E-state index is 2.84. The first-order chi connectivity index (χ1) is 36.5. The van der Waals surface area contributed by atoms with Crippen molar-refractivity contribution in [2.45, 2.75) is 155 Å². The minimum atomic E-state index is -0.169. The van der Waals surface area contributed by atoms with Crippen molar-refractivity contribution in [3.05, 3.63) is 186 Å². The molecule has 1 aliphatic carbocycles. The van der Waals surface area contributed by atoms with E-state index in [1.54, 1.807) is 0 Å². The van der Waals surface area contributed by atoms with Gasteiger partial charge in [0.25, 0.3) is 6.71 Å². The van der Waals surface area contributed by atoms with Crippen molar-refractivity contribution in [2.75, 3.05) is 14.7 Å². The Labute approximate surface area is 464 Å². The van der Waals surface area contributed by atoms with Gasteiger partial charge in [0.1, 0.15) is 0 Å². The van der Waals surface area contributed by atoms with Crippen LogP contribution in [0.1, 0.15) is 150 Å². The van der Waals surface area contributed by atoms with Crippen molar-refractivity contribution >= 4 is 100 Å². The van der Waals surface area contributed by atoms with E-state index >= 15 is 0 Å². The molecule has 4 aliphatic rings. The minimum Gasteiger partial charge on any atom is -0.334 e. The normalized spacial score (nSPS) is 19.1. The minimum absolute atomic E-state index is 0.0172. The average molecular weight is 1030 g/mol. The third kappa shape index (κ3) is 7.56. The number of benzene rings is 8. The molecule has 1 aromatic heterocycles. The Morgan fingerprint density at radius 1 is 0.455 bits per heavy atom. The number of hydrogen-bond donors (Lipinski definition) is 0. The molecule has 5 heteroatoms. The molecular formula is C72H76BN3S. The predicted molar refractivity (Wildman–Crippen MR) is 336 cm³/mol. The fourth-order valence-electron chi connectivity index (χ4n) is 14.1. The summed E-state index contributed by atoms with van der Waals surface area (Å²) in [6.07, 6.45) is 4.74. The van der Waals surface area contributed by atoms with Gasteiger partial charge < -0.3 is 14.7 Å². The topological polar surface area (TPSA) is 9.72 Å². The van der Waals surface area contributed by atoms with Crippen LogP contribution in [0.2, 0.25) is 0 Å². The first kappa shape index (κ1) is 50.0. The van der Waals surface area contributed by atoms with E-state index in [1.807, 2.05) is 11.3 Å². The van der Waals surface area contributed by atoms with Gasteiger partial charge in [0.05, 0.1) is 21.6 Å². The molecule has 0 radical (unpaired) electrons. The molecule has 3 nitrogen and oxygen atoms in total. The number of rotatable bonds is 4. The zero-order chi connectivity index (χ0) is 53.9. The van der Waals surface area contributed by atoms with E-state index in [0.717, 1.165) is 6.42 Å². The molecule has 9 aromatic rings. The molecule has 3 aliphatic heterocycles. The molecule has 0 bridgehead atoms. The van der Waals surface area contributed by atoms with Crippen LogP contribution < -0.4 is 31.1 Å². The van der Waals surface area contributed by atoms with Gasteiger partial charge in [-0.05, 0) is 146 Å². The Morgan fingerprint density at radius 2 is 1.03 bits per heavy atom. The molecule has 77 heavy (non-hydrogen) atoms. The van der Waals surface area contributed by atoms with Crippen molar-refractivity contribution in [3.8, 4) is 11.1 Å². The van der Waals surface area contributed by atoms with E-state index in [4.69, 9.17) is 0 Å². The van der Waals surface area contributed by atoms with Gasteiger partial charge in [-0.25, -0.2) is 0 Å². The van der Waals surface area contributed by atoms with Crippen LogP contribution in [0.25, 0.3) is 31.3 Å². The zero-order valence-electron chi connectivity index (χ0n) is 48.2. The highest BCUT2D eigenvalue weighted by Gasteiger charge is 2.58. The standard InChI is InChI=1S/C72H76BN3S/c1-67(2,3)46-26-31-50(32-27-46)74-60-37-30-49(70(10,11)12)42-57(60)73-56-34-33-53-52-24-18-19-25-63(52)77-66(53)65(56)75(58-35-28-47(68(4,5)6)40-54(58)45-22-16-15-17-23-45)62-44-51(43-61(74)64(62)73)76-59-36-29-48(69(7,8)9)41-55(59)71(13)38-20-21-39-72(71,76)14/h15-19,22-37,40-44H,20-21,38-39H2,1-14H3. The van der Waals surface area contributed by atoms with Gasteiger partial charge in [0.15, 0.2) is 0 Å². The van der Waals surface area contributed by atoms with E-state index in [-0.39, 0.29) is 39.3 Å². The van der Waals surface area contributed by atoms with Crippen molar-refractivity contribution in [1.82, 2.24) is 0 Å². The molecular weight excluding hydrogens is 950 g/mol. The molecule has 0 saturated heterocycles. The summed E-state index contributed by atoms with van der Waals surface area (Å²) in [5, 5.41) is 2.63. The fraction of sp³-hybridized carbons (Fsp3) is 0.333. The molecule has 4 heterocycles. The first-order valence-corrected chi connectivity index (χ1v) is 29.4. The van der Waals surface area contributed by atoms with Crippen LogP contribution in [0.4, 0.5) is 45.5 Å². The molecule has 0 amide bonds. The van der Waals surface area contributed by atoms with Crippen LogP contribution >= 0.6 is 11.3 Å². The van der Waals surface area contributed by atoms with Crippen LogP contribution in [-0.4, -0.2) is 12.3 Å². The first-order valence-electron chi connectivity index (χ1n) is 28.6. The maximum Gasteiger partial charge on any atom is 0.252 e. The number of nitrogens with zero attached hydrogens (tertiary/aromatic N) is 3. The number of anilines is 8. The number of thiophene rings is 1. The fourth-order valence-corrected chi connectivity index (χ4v) is 15.4. The highest BCUT2D eigenvalue weighted by Crippen LogP contribution is 2.63. The molecule has 0 N–H and O–H groups in total. The Kier molecular flexibility index (Phi) is 11.0. The smallest absolute Gasteiger partial charge is 0.252 e. The van der Waals surface area contributed by atoms with Gasteiger partial charge in [-0.3, -0.25) is 0 Å².